The highest BCUT2D eigenvalue weighted by Gasteiger charge is 2.40. The van der Waals surface area contributed by atoms with Gasteiger partial charge in [0.1, 0.15) is 0 Å². The van der Waals surface area contributed by atoms with Crippen LogP contribution in [0.5, 0.6) is 0 Å². The molecule has 60 valence electrons. The molecular weight excluding hydrogens is 146 g/mol. The molecule has 0 aromatic heterocycles. The van der Waals surface area contributed by atoms with E-state index in [0.29, 0.717) is 5.54 Å². The molecule has 0 aromatic carbocycles. The number of alkyl halides is 1. The molecule has 2 heteroatoms. The Hall–Kier alpha value is 0.250. The standard InChI is InChI=1S/C8H16ClN/c1-7(2)5-10-8(6-9)3-4-8/h7,10H,3-6H2,1-2H3. The van der Waals surface area contributed by atoms with Crippen LogP contribution in [0.25, 0.3) is 0 Å². The minimum Gasteiger partial charge on any atom is -0.310 e. The van der Waals surface area contributed by atoms with Crippen molar-refractivity contribution in [1.82, 2.24) is 5.32 Å². The molecular formula is C8H16ClN. The van der Waals surface area contributed by atoms with E-state index >= 15 is 0 Å². The fourth-order valence-corrected chi connectivity index (χ4v) is 1.29. The molecule has 1 aliphatic carbocycles. The second kappa shape index (κ2) is 3.10. The summed E-state index contributed by atoms with van der Waals surface area (Å²) in [4.78, 5) is 0. The van der Waals surface area contributed by atoms with E-state index in [1.54, 1.807) is 0 Å². The maximum atomic E-state index is 5.78. The van der Waals surface area contributed by atoms with E-state index < -0.39 is 0 Å². The molecule has 1 fully saturated rings. The predicted molar refractivity (Wildman–Crippen MR) is 45.5 cm³/mol. The van der Waals surface area contributed by atoms with Crippen LogP contribution >= 0.6 is 11.6 Å². The molecule has 1 nitrogen and oxygen atoms in total. The monoisotopic (exact) mass is 161 g/mol. The van der Waals surface area contributed by atoms with Crippen LogP contribution in [0.1, 0.15) is 26.7 Å². The molecule has 1 rings (SSSR count). The van der Waals surface area contributed by atoms with Crippen LogP contribution < -0.4 is 5.32 Å². The van der Waals surface area contributed by atoms with Crippen molar-refractivity contribution >= 4 is 11.6 Å². The van der Waals surface area contributed by atoms with E-state index in [1.807, 2.05) is 0 Å². The Bertz CT molecular complexity index is 108. The van der Waals surface area contributed by atoms with E-state index in [2.05, 4.69) is 19.2 Å². The molecule has 0 unspecified atom stereocenters. The second-order valence-electron chi connectivity index (χ2n) is 3.69. The van der Waals surface area contributed by atoms with E-state index in [0.717, 1.165) is 18.3 Å². The van der Waals surface area contributed by atoms with Crippen LogP contribution in [0.3, 0.4) is 0 Å². The zero-order chi connectivity index (χ0) is 7.61. The van der Waals surface area contributed by atoms with Crippen molar-refractivity contribution in [1.29, 1.82) is 0 Å². The molecule has 0 aliphatic heterocycles. The van der Waals surface area contributed by atoms with Crippen LogP contribution in [0.15, 0.2) is 0 Å². The number of hydrogen-bond acceptors (Lipinski definition) is 1. The first-order valence-electron chi connectivity index (χ1n) is 3.99. The summed E-state index contributed by atoms with van der Waals surface area (Å²) in [5.41, 5.74) is 0.339. The van der Waals surface area contributed by atoms with Gasteiger partial charge in [-0.05, 0) is 25.3 Å². The Balaban J connectivity index is 2.13. The van der Waals surface area contributed by atoms with Crippen molar-refractivity contribution in [3.05, 3.63) is 0 Å². The number of nitrogens with one attached hydrogen (secondary N) is 1. The average Bonchev–Trinajstić information content (AvgIpc) is 2.64. The highest BCUT2D eigenvalue weighted by Crippen LogP contribution is 2.36. The Labute approximate surface area is 68.1 Å². The Morgan fingerprint density at radius 1 is 1.50 bits per heavy atom. The Kier molecular flexibility index (Phi) is 2.59. The van der Waals surface area contributed by atoms with Crippen LogP contribution in [0, 0.1) is 5.92 Å². The number of rotatable bonds is 4. The lowest BCUT2D eigenvalue weighted by molar-refractivity contribution is 0.477. The van der Waals surface area contributed by atoms with E-state index in [-0.39, 0.29) is 0 Å². The fourth-order valence-electron chi connectivity index (χ4n) is 0.929. The van der Waals surface area contributed by atoms with E-state index in [4.69, 9.17) is 11.6 Å². The molecule has 0 atom stereocenters. The lowest BCUT2D eigenvalue weighted by Gasteiger charge is -2.15. The third-order valence-corrected chi connectivity index (χ3v) is 2.51. The smallest absolute Gasteiger partial charge is 0.0406 e. The highest BCUT2D eigenvalue weighted by molar-refractivity contribution is 6.18. The molecule has 0 radical (unpaired) electrons. The zero-order valence-corrected chi connectivity index (χ0v) is 7.54. The molecule has 10 heavy (non-hydrogen) atoms. The molecule has 0 amide bonds. The summed E-state index contributed by atoms with van der Waals surface area (Å²) in [6.07, 6.45) is 2.53. The van der Waals surface area contributed by atoms with Gasteiger partial charge in [0, 0.05) is 11.4 Å². The summed E-state index contributed by atoms with van der Waals surface area (Å²) >= 11 is 5.78. The van der Waals surface area contributed by atoms with Crippen molar-refractivity contribution in [2.45, 2.75) is 32.2 Å². The number of halogens is 1. The van der Waals surface area contributed by atoms with Gasteiger partial charge in [-0.15, -0.1) is 11.6 Å². The summed E-state index contributed by atoms with van der Waals surface area (Å²) in [6.45, 7) is 5.54. The zero-order valence-electron chi connectivity index (χ0n) is 6.78. The van der Waals surface area contributed by atoms with E-state index in [9.17, 15) is 0 Å². The average molecular weight is 162 g/mol. The largest absolute Gasteiger partial charge is 0.310 e. The normalized spacial score (nSPS) is 21.6. The van der Waals surface area contributed by atoms with Gasteiger partial charge in [-0.25, -0.2) is 0 Å². The van der Waals surface area contributed by atoms with Gasteiger partial charge in [0.25, 0.3) is 0 Å². The first-order chi connectivity index (χ1) is 4.68. The summed E-state index contributed by atoms with van der Waals surface area (Å²) in [7, 11) is 0. The third-order valence-electron chi connectivity index (χ3n) is 1.99. The molecule has 1 saturated carbocycles. The van der Waals surface area contributed by atoms with Crippen LogP contribution in [-0.2, 0) is 0 Å². The Morgan fingerprint density at radius 2 is 2.10 bits per heavy atom. The number of hydrogen-bond donors (Lipinski definition) is 1. The van der Waals surface area contributed by atoms with Gasteiger partial charge >= 0.3 is 0 Å². The molecule has 0 heterocycles. The van der Waals surface area contributed by atoms with Gasteiger partial charge < -0.3 is 5.32 Å². The van der Waals surface area contributed by atoms with Crippen molar-refractivity contribution in [3.8, 4) is 0 Å². The third kappa shape index (κ3) is 2.14. The van der Waals surface area contributed by atoms with Crippen molar-refractivity contribution in [2.75, 3.05) is 12.4 Å². The van der Waals surface area contributed by atoms with Gasteiger partial charge in [-0.1, -0.05) is 13.8 Å². The summed E-state index contributed by atoms with van der Waals surface area (Å²) in [5.74, 6) is 1.51. The summed E-state index contributed by atoms with van der Waals surface area (Å²) < 4.78 is 0. The fraction of sp³-hybridized carbons (Fsp3) is 1.00. The first-order valence-corrected chi connectivity index (χ1v) is 4.53. The Morgan fingerprint density at radius 3 is 2.40 bits per heavy atom. The van der Waals surface area contributed by atoms with Gasteiger partial charge in [0.05, 0.1) is 0 Å². The SMILES string of the molecule is CC(C)CNC1(CCl)CC1. The van der Waals surface area contributed by atoms with Gasteiger partial charge in [0.2, 0.25) is 0 Å². The molecule has 0 saturated heterocycles. The first kappa shape index (κ1) is 8.35. The van der Waals surface area contributed by atoms with Crippen LogP contribution in [0.4, 0.5) is 0 Å². The summed E-state index contributed by atoms with van der Waals surface area (Å²) in [6, 6.07) is 0. The molecule has 1 N–H and O–H groups in total. The lowest BCUT2D eigenvalue weighted by Crippen LogP contribution is -2.35. The minimum atomic E-state index is 0.339. The predicted octanol–water partition coefficient (Wildman–Crippen LogP) is 2.00. The minimum absolute atomic E-state index is 0.339. The highest BCUT2D eigenvalue weighted by atomic mass is 35.5. The van der Waals surface area contributed by atoms with Crippen molar-refractivity contribution < 1.29 is 0 Å². The molecule has 1 aliphatic rings. The molecule has 0 spiro atoms. The second-order valence-corrected chi connectivity index (χ2v) is 3.96. The topological polar surface area (TPSA) is 12.0 Å². The van der Waals surface area contributed by atoms with Gasteiger partial charge in [-0.3, -0.25) is 0 Å². The molecule has 0 aromatic rings. The maximum Gasteiger partial charge on any atom is 0.0406 e. The maximum absolute atomic E-state index is 5.78. The van der Waals surface area contributed by atoms with Crippen molar-refractivity contribution in [2.24, 2.45) is 5.92 Å². The van der Waals surface area contributed by atoms with Gasteiger partial charge in [-0.2, -0.15) is 0 Å². The van der Waals surface area contributed by atoms with Gasteiger partial charge in [0.15, 0.2) is 0 Å². The molecule has 0 bridgehead atoms. The quantitative estimate of drug-likeness (QED) is 0.622. The summed E-state index contributed by atoms with van der Waals surface area (Å²) in [5, 5.41) is 3.49. The van der Waals surface area contributed by atoms with Crippen LogP contribution in [0.2, 0.25) is 0 Å². The van der Waals surface area contributed by atoms with E-state index in [1.165, 1.54) is 12.8 Å². The lowest BCUT2D eigenvalue weighted by atomic mass is 10.2. The van der Waals surface area contributed by atoms with Crippen LogP contribution in [-0.4, -0.2) is 18.0 Å². The van der Waals surface area contributed by atoms with Crippen molar-refractivity contribution in [3.63, 3.8) is 0 Å².